The van der Waals surface area contributed by atoms with Crippen LogP contribution in [0.2, 0.25) is 0 Å². The molecule has 0 aliphatic rings. The molecule has 90 valence electrons. The van der Waals surface area contributed by atoms with Crippen molar-refractivity contribution in [3.63, 3.8) is 0 Å². The van der Waals surface area contributed by atoms with E-state index in [0.717, 1.165) is 19.6 Å². The summed E-state index contributed by atoms with van der Waals surface area (Å²) in [5, 5.41) is 0. The smallest absolute Gasteiger partial charge is 0.0426 e. The molecule has 0 aliphatic carbocycles. The molecule has 1 atom stereocenters. The van der Waals surface area contributed by atoms with Gasteiger partial charge in [0, 0.05) is 12.6 Å². The minimum atomic E-state index is 0.132. The Morgan fingerprint density at radius 1 is 1.25 bits per heavy atom. The van der Waals surface area contributed by atoms with Crippen LogP contribution >= 0.6 is 0 Å². The first-order chi connectivity index (χ1) is 7.69. The predicted molar refractivity (Wildman–Crippen MR) is 70.5 cm³/mol. The van der Waals surface area contributed by atoms with Crippen molar-refractivity contribution < 1.29 is 0 Å². The Bertz CT molecular complexity index is 309. The number of rotatable bonds is 6. The predicted octanol–water partition coefficient (Wildman–Crippen LogP) is 2.73. The molecule has 0 radical (unpaired) electrons. The number of likely N-dealkylation sites (N-methyl/N-ethyl adjacent to an activating group) is 1. The normalized spacial score (nSPS) is 13.1. The van der Waals surface area contributed by atoms with Crippen molar-refractivity contribution in [3.8, 4) is 0 Å². The summed E-state index contributed by atoms with van der Waals surface area (Å²) >= 11 is 0. The number of benzene rings is 1. The van der Waals surface area contributed by atoms with Gasteiger partial charge in [-0.25, -0.2) is 0 Å². The second-order valence-corrected chi connectivity index (χ2v) is 4.36. The van der Waals surface area contributed by atoms with Gasteiger partial charge in [0.1, 0.15) is 0 Å². The first-order valence-corrected chi connectivity index (χ1v) is 6.22. The standard InChI is InChI=1S/C14H24N2/c1-4-10-16(5-2)11-14(15)13-9-7-6-8-12(13)3/h6-9,14H,4-5,10-11,15H2,1-3H3. The lowest BCUT2D eigenvalue weighted by Crippen LogP contribution is -2.33. The lowest BCUT2D eigenvalue weighted by atomic mass is 10.0. The first-order valence-electron chi connectivity index (χ1n) is 6.22. The van der Waals surface area contributed by atoms with E-state index in [1.54, 1.807) is 0 Å². The Labute approximate surface area is 99.5 Å². The van der Waals surface area contributed by atoms with E-state index in [1.807, 2.05) is 0 Å². The van der Waals surface area contributed by atoms with Crippen LogP contribution in [0.25, 0.3) is 0 Å². The van der Waals surface area contributed by atoms with Gasteiger partial charge in [-0.2, -0.15) is 0 Å². The van der Waals surface area contributed by atoms with Gasteiger partial charge in [-0.1, -0.05) is 38.1 Å². The number of hydrogen-bond acceptors (Lipinski definition) is 2. The first kappa shape index (κ1) is 13.2. The molecule has 1 rings (SSSR count). The maximum atomic E-state index is 6.26. The molecule has 1 unspecified atom stereocenters. The van der Waals surface area contributed by atoms with E-state index < -0.39 is 0 Å². The number of hydrogen-bond donors (Lipinski definition) is 1. The van der Waals surface area contributed by atoms with Gasteiger partial charge in [-0.05, 0) is 37.6 Å². The average Bonchev–Trinajstić information content (AvgIpc) is 2.28. The highest BCUT2D eigenvalue weighted by atomic mass is 15.1. The Morgan fingerprint density at radius 3 is 2.50 bits per heavy atom. The third-order valence-corrected chi connectivity index (χ3v) is 3.03. The molecule has 0 saturated heterocycles. The van der Waals surface area contributed by atoms with Crippen LogP contribution < -0.4 is 5.73 Å². The summed E-state index contributed by atoms with van der Waals surface area (Å²) in [5.74, 6) is 0. The topological polar surface area (TPSA) is 29.3 Å². The lowest BCUT2D eigenvalue weighted by molar-refractivity contribution is 0.271. The second kappa shape index (κ2) is 6.66. The summed E-state index contributed by atoms with van der Waals surface area (Å²) in [7, 11) is 0. The van der Waals surface area contributed by atoms with E-state index in [0.29, 0.717) is 0 Å². The van der Waals surface area contributed by atoms with Crippen LogP contribution in [0.5, 0.6) is 0 Å². The summed E-state index contributed by atoms with van der Waals surface area (Å²) in [5.41, 5.74) is 8.83. The number of nitrogens with zero attached hydrogens (tertiary/aromatic N) is 1. The van der Waals surface area contributed by atoms with Gasteiger partial charge >= 0.3 is 0 Å². The van der Waals surface area contributed by atoms with E-state index in [9.17, 15) is 0 Å². The van der Waals surface area contributed by atoms with Gasteiger partial charge in [0.25, 0.3) is 0 Å². The molecular weight excluding hydrogens is 196 g/mol. The molecule has 1 aromatic rings. The highest BCUT2D eigenvalue weighted by molar-refractivity contribution is 5.28. The summed E-state index contributed by atoms with van der Waals surface area (Å²) < 4.78 is 0. The molecule has 0 aromatic heterocycles. The fraction of sp³-hybridized carbons (Fsp3) is 0.571. The molecule has 0 heterocycles. The van der Waals surface area contributed by atoms with Gasteiger partial charge in [0.15, 0.2) is 0 Å². The minimum absolute atomic E-state index is 0.132. The van der Waals surface area contributed by atoms with Crippen LogP contribution in [0, 0.1) is 6.92 Å². The quantitative estimate of drug-likeness (QED) is 0.798. The largest absolute Gasteiger partial charge is 0.323 e. The fourth-order valence-corrected chi connectivity index (χ4v) is 2.07. The van der Waals surface area contributed by atoms with Crippen molar-refractivity contribution in [1.29, 1.82) is 0 Å². The van der Waals surface area contributed by atoms with E-state index in [2.05, 4.69) is 49.9 Å². The molecule has 2 nitrogen and oxygen atoms in total. The van der Waals surface area contributed by atoms with Crippen molar-refractivity contribution in [2.24, 2.45) is 5.73 Å². The summed E-state index contributed by atoms with van der Waals surface area (Å²) in [6.45, 7) is 9.70. The highest BCUT2D eigenvalue weighted by Crippen LogP contribution is 2.16. The number of nitrogens with two attached hydrogens (primary N) is 1. The van der Waals surface area contributed by atoms with Crippen LogP contribution in [-0.2, 0) is 0 Å². The fourth-order valence-electron chi connectivity index (χ4n) is 2.07. The van der Waals surface area contributed by atoms with E-state index in [4.69, 9.17) is 5.73 Å². The SMILES string of the molecule is CCCN(CC)CC(N)c1ccccc1C. The van der Waals surface area contributed by atoms with E-state index in [-0.39, 0.29) is 6.04 Å². The molecule has 0 amide bonds. The van der Waals surface area contributed by atoms with Gasteiger partial charge in [0.05, 0.1) is 0 Å². The number of aryl methyl sites for hydroxylation is 1. The van der Waals surface area contributed by atoms with Crippen molar-refractivity contribution in [3.05, 3.63) is 35.4 Å². The van der Waals surface area contributed by atoms with Gasteiger partial charge < -0.3 is 10.6 Å². The average molecular weight is 220 g/mol. The molecule has 0 aliphatic heterocycles. The summed E-state index contributed by atoms with van der Waals surface area (Å²) in [6, 6.07) is 8.53. The molecule has 1 aromatic carbocycles. The van der Waals surface area contributed by atoms with Crippen LogP contribution in [0.15, 0.2) is 24.3 Å². The third-order valence-electron chi connectivity index (χ3n) is 3.03. The Hall–Kier alpha value is -0.860. The second-order valence-electron chi connectivity index (χ2n) is 4.36. The van der Waals surface area contributed by atoms with Crippen molar-refractivity contribution in [2.75, 3.05) is 19.6 Å². The molecular formula is C14H24N2. The van der Waals surface area contributed by atoms with Crippen molar-refractivity contribution in [2.45, 2.75) is 33.2 Å². The Morgan fingerprint density at radius 2 is 1.94 bits per heavy atom. The minimum Gasteiger partial charge on any atom is -0.323 e. The lowest BCUT2D eigenvalue weighted by Gasteiger charge is -2.24. The van der Waals surface area contributed by atoms with Crippen LogP contribution in [-0.4, -0.2) is 24.5 Å². The third kappa shape index (κ3) is 3.62. The van der Waals surface area contributed by atoms with E-state index >= 15 is 0 Å². The maximum absolute atomic E-state index is 6.26. The summed E-state index contributed by atoms with van der Waals surface area (Å²) in [4.78, 5) is 2.41. The molecule has 2 heteroatoms. The molecule has 0 spiro atoms. The van der Waals surface area contributed by atoms with Crippen LogP contribution in [0.1, 0.15) is 37.4 Å². The van der Waals surface area contributed by atoms with Gasteiger partial charge in [-0.15, -0.1) is 0 Å². The van der Waals surface area contributed by atoms with Crippen molar-refractivity contribution >= 4 is 0 Å². The molecule has 0 saturated carbocycles. The van der Waals surface area contributed by atoms with Crippen LogP contribution in [0.3, 0.4) is 0 Å². The molecule has 2 N–H and O–H groups in total. The Kier molecular flexibility index (Phi) is 5.50. The molecule has 0 bridgehead atoms. The van der Waals surface area contributed by atoms with Gasteiger partial charge in [-0.3, -0.25) is 0 Å². The summed E-state index contributed by atoms with van der Waals surface area (Å²) in [6.07, 6.45) is 1.19. The molecule has 16 heavy (non-hydrogen) atoms. The monoisotopic (exact) mass is 220 g/mol. The van der Waals surface area contributed by atoms with Crippen molar-refractivity contribution in [1.82, 2.24) is 4.90 Å². The van der Waals surface area contributed by atoms with Gasteiger partial charge in [0.2, 0.25) is 0 Å². The Balaban J connectivity index is 2.64. The maximum Gasteiger partial charge on any atom is 0.0426 e. The zero-order chi connectivity index (χ0) is 12.0. The van der Waals surface area contributed by atoms with E-state index in [1.165, 1.54) is 17.5 Å². The zero-order valence-corrected chi connectivity index (χ0v) is 10.7. The zero-order valence-electron chi connectivity index (χ0n) is 10.7. The highest BCUT2D eigenvalue weighted by Gasteiger charge is 2.11. The molecule has 0 fully saturated rings. The van der Waals surface area contributed by atoms with Crippen LogP contribution in [0.4, 0.5) is 0 Å².